The van der Waals surface area contributed by atoms with E-state index < -0.39 is 0 Å². The standard InChI is InChI=1S/C28H19ClN4O2/c1-18-8-11-21(12-9-18)32-14-4-5-22(32)17-30-33-27(31-24-7-3-2-6-23(24)28(33)34)26-16-19-15-20(29)10-13-25(19)35-26/h2-17H,1H3. The number of hydrogen-bond donors (Lipinski definition) is 0. The van der Waals surface area contributed by atoms with Crippen molar-refractivity contribution in [3.05, 3.63) is 118 Å². The van der Waals surface area contributed by atoms with Gasteiger partial charge < -0.3 is 8.98 Å². The number of aromatic nitrogens is 3. The molecule has 3 aromatic carbocycles. The number of furan rings is 1. The molecule has 6 aromatic rings. The van der Waals surface area contributed by atoms with Crippen molar-refractivity contribution < 1.29 is 4.42 Å². The third-order valence-electron chi connectivity index (χ3n) is 5.85. The van der Waals surface area contributed by atoms with Crippen LogP contribution >= 0.6 is 11.6 Å². The van der Waals surface area contributed by atoms with Crippen molar-refractivity contribution in [2.45, 2.75) is 6.92 Å². The summed E-state index contributed by atoms with van der Waals surface area (Å²) >= 11 is 6.15. The van der Waals surface area contributed by atoms with Crippen LogP contribution in [-0.2, 0) is 0 Å². The average molecular weight is 479 g/mol. The lowest BCUT2D eigenvalue weighted by Gasteiger charge is -2.09. The maximum Gasteiger partial charge on any atom is 0.282 e. The van der Waals surface area contributed by atoms with Crippen molar-refractivity contribution >= 4 is 39.7 Å². The third kappa shape index (κ3) is 3.84. The minimum Gasteiger partial charge on any atom is -0.453 e. The van der Waals surface area contributed by atoms with Crippen LogP contribution in [0.15, 0.2) is 105 Å². The first kappa shape index (κ1) is 21.1. The molecule has 170 valence electrons. The molecule has 35 heavy (non-hydrogen) atoms. The Labute approximate surface area is 205 Å². The Morgan fingerprint density at radius 3 is 2.66 bits per heavy atom. The van der Waals surface area contributed by atoms with Crippen LogP contribution in [0.2, 0.25) is 5.02 Å². The molecule has 7 heteroatoms. The zero-order valence-corrected chi connectivity index (χ0v) is 19.5. The molecular formula is C28H19ClN4O2. The lowest BCUT2D eigenvalue weighted by atomic mass is 10.2. The molecule has 0 radical (unpaired) electrons. The Kier molecular flexibility index (Phi) is 5.08. The molecule has 0 aliphatic heterocycles. The van der Waals surface area contributed by atoms with Crippen LogP contribution in [0.25, 0.3) is 39.1 Å². The summed E-state index contributed by atoms with van der Waals surface area (Å²) in [6.45, 7) is 2.05. The number of rotatable bonds is 4. The maximum absolute atomic E-state index is 13.5. The Morgan fingerprint density at radius 2 is 1.80 bits per heavy atom. The summed E-state index contributed by atoms with van der Waals surface area (Å²) in [5.74, 6) is 0.738. The molecule has 0 aliphatic rings. The summed E-state index contributed by atoms with van der Waals surface area (Å²) in [5.41, 5.74) is 3.93. The fourth-order valence-electron chi connectivity index (χ4n) is 4.07. The minimum absolute atomic E-state index is 0.284. The Balaban J connectivity index is 1.52. The van der Waals surface area contributed by atoms with E-state index in [1.165, 1.54) is 10.2 Å². The van der Waals surface area contributed by atoms with Crippen LogP contribution in [0.1, 0.15) is 11.3 Å². The van der Waals surface area contributed by atoms with Gasteiger partial charge in [-0.1, -0.05) is 41.4 Å². The highest BCUT2D eigenvalue weighted by atomic mass is 35.5. The van der Waals surface area contributed by atoms with Crippen molar-refractivity contribution in [3.63, 3.8) is 0 Å². The first-order chi connectivity index (χ1) is 17.1. The molecule has 0 saturated carbocycles. The summed E-state index contributed by atoms with van der Waals surface area (Å²) in [4.78, 5) is 18.2. The van der Waals surface area contributed by atoms with Gasteiger partial charge in [0.15, 0.2) is 5.76 Å². The monoisotopic (exact) mass is 478 g/mol. The van der Waals surface area contributed by atoms with E-state index >= 15 is 0 Å². The minimum atomic E-state index is -0.284. The summed E-state index contributed by atoms with van der Waals surface area (Å²) in [5, 5.41) is 6.47. The molecule has 0 amide bonds. The molecule has 0 unspecified atom stereocenters. The number of para-hydroxylation sites is 1. The fourth-order valence-corrected chi connectivity index (χ4v) is 4.25. The van der Waals surface area contributed by atoms with Gasteiger partial charge in [-0.05, 0) is 67.6 Å². The summed E-state index contributed by atoms with van der Waals surface area (Å²) < 4.78 is 9.33. The van der Waals surface area contributed by atoms with Gasteiger partial charge in [0.05, 0.1) is 22.8 Å². The van der Waals surface area contributed by atoms with Gasteiger partial charge in [-0.25, -0.2) is 4.98 Å². The number of aryl methyl sites for hydroxylation is 1. The molecule has 0 bridgehead atoms. The molecule has 6 nitrogen and oxygen atoms in total. The molecule has 0 aliphatic carbocycles. The third-order valence-corrected chi connectivity index (χ3v) is 6.09. The van der Waals surface area contributed by atoms with Crippen LogP contribution in [0.3, 0.4) is 0 Å². The lowest BCUT2D eigenvalue weighted by Crippen LogP contribution is -2.20. The zero-order chi connectivity index (χ0) is 23.9. The second kappa shape index (κ2) is 8.42. The number of nitrogens with zero attached hydrogens (tertiary/aromatic N) is 4. The smallest absolute Gasteiger partial charge is 0.282 e. The molecule has 6 rings (SSSR count). The zero-order valence-electron chi connectivity index (χ0n) is 18.7. The molecule has 3 aromatic heterocycles. The normalized spacial score (nSPS) is 11.7. The van der Waals surface area contributed by atoms with Gasteiger partial charge in [-0.2, -0.15) is 9.78 Å². The predicted octanol–water partition coefficient (Wildman–Crippen LogP) is 6.44. The Hall–Kier alpha value is -4.42. The van der Waals surface area contributed by atoms with Gasteiger partial charge in [0.2, 0.25) is 5.82 Å². The van der Waals surface area contributed by atoms with Crippen LogP contribution in [0, 0.1) is 6.92 Å². The summed E-state index contributed by atoms with van der Waals surface area (Å²) in [7, 11) is 0. The van der Waals surface area contributed by atoms with E-state index in [-0.39, 0.29) is 5.56 Å². The lowest BCUT2D eigenvalue weighted by molar-refractivity contribution is 0.616. The number of fused-ring (bicyclic) bond motifs is 2. The SMILES string of the molecule is Cc1ccc(-n2cccc2C=Nn2c(-c3cc4cc(Cl)ccc4o3)nc3ccccc3c2=O)cc1. The highest BCUT2D eigenvalue weighted by Gasteiger charge is 2.16. The predicted molar refractivity (Wildman–Crippen MR) is 140 cm³/mol. The highest BCUT2D eigenvalue weighted by Crippen LogP contribution is 2.29. The average Bonchev–Trinajstić information content (AvgIpc) is 3.50. The van der Waals surface area contributed by atoms with E-state index in [0.717, 1.165) is 16.8 Å². The quantitative estimate of drug-likeness (QED) is 0.274. The molecule has 3 heterocycles. The van der Waals surface area contributed by atoms with Crippen molar-refractivity contribution in [1.82, 2.24) is 14.2 Å². The topological polar surface area (TPSA) is 65.3 Å². The second-order valence-electron chi connectivity index (χ2n) is 8.25. The molecule has 0 N–H and O–H groups in total. The first-order valence-corrected chi connectivity index (χ1v) is 11.4. The van der Waals surface area contributed by atoms with E-state index in [1.54, 1.807) is 30.5 Å². The Morgan fingerprint density at radius 1 is 0.971 bits per heavy atom. The van der Waals surface area contributed by atoms with E-state index in [4.69, 9.17) is 21.0 Å². The van der Waals surface area contributed by atoms with Crippen LogP contribution < -0.4 is 5.56 Å². The van der Waals surface area contributed by atoms with Crippen molar-refractivity contribution in [1.29, 1.82) is 0 Å². The van der Waals surface area contributed by atoms with Crippen molar-refractivity contribution in [3.8, 4) is 17.3 Å². The largest absolute Gasteiger partial charge is 0.453 e. The summed E-state index contributed by atoms with van der Waals surface area (Å²) in [6, 6.07) is 26.5. The van der Waals surface area contributed by atoms with E-state index in [2.05, 4.69) is 24.2 Å². The van der Waals surface area contributed by atoms with Crippen molar-refractivity contribution in [2.75, 3.05) is 0 Å². The van der Waals surface area contributed by atoms with Gasteiger partial charge in [0.25, 0.3) is 5.56 Å². The summed E-state index contributed by atoms with van der Waals surface area (Å²) in [6.07, 6.45) is 3.61. The second-order valence-corrected chi connectivity index (χ2v) is 8.68. The number of halogens is 1. The van der Waals surface area contributed by atoms with Crippen LogP contribution in [-0.4, -0.2) is 20.4 Å². The molecule has 0 fully saturated rings. The van der Waals surface area contributed by atoms with Crippen molar-refractivity contribution in [2.24, 2.45) is 5.10 Å². The number of benzene rings is 3. The van der Waals surface area contributed by atoms with Gasteiger partial charge in [0.1, 0.15) is 5.58 Å². The molecule has 0 atom stereocenters. The van der Waals surface area contributed by atoms with E-state index in [1.807, 2.05) is 59.3 Å². The maximum atomic E-state index is 13.5. The fraction of sp³-hybridized carbons (Fsp3) is 0.0357. The van der Waals surface area contributed by atoms with Gasteiger partial charge in [-0.3, -0.25) is 4.79 Å². The van der Waals surface area contributed by atoms with E-state index in [9.17, 15) is 4.79 Å². The Bertz CT molecular complexity index is 1790. The first-order valence-electron chi connectivity index (χ1n) is 11.1. The van der Waals surface area contributed by atoms with Gasteiger partial charge in [-0.15, -0.1) is 0 Å². The van der Waals surface area contributed by atoms with Crippen LogP contribution in [0.5, 0.6) is 0 Å². The molecule has 0 spiro atoms. The van der Waals surface area contributed by atoms with Crippen LogP contribution in [0.4, 0.5) is 0 Å². The molecule has 0 saturated heterocycles. The highest BCUT2D eigenvalue weighted by molar-refractivity contribution is 6.31. The number of hydrogen-bond acceptors (Lipinski definition) is 4. The van der Waals surface area contributed by atoms with Gasteiger partial charge >= 0.3 is 0 Å². The van der Waals surface area contributed by atoms with Gasteiger partial charge in [0, 0.05) is 22.3 Å². The van der Waals surface area contributed by atoms with E-state index in [0.29, 0.717) is 33.1 Å². The molecular weight excluding hydrogens is 460 g/mol.